The van der Waals surface area contributed by atoms with E-state index in [0.717, 1.165) is 16.3 Å². The number of hydrogen-bond donors (Lipinski definition) is 0. The average molecular weight is 350 g/mol. The highest BCUT2D eigenvalue weighted by atomic mass is 32.2. The summed E-state index contributed by atoms with van der Waals surface area (Å²) in [6.07, 6.45) is -4.16. The molecular formula is C14H17F3N2O3S. The maximum Gasteiger partial charge on any atom is 0.471 e. The Balaban J connectivity index is 2.07. The summed E-state index contributed by atoms with van der Waals surface area (Å²) in [6.45, 7) is 1.09. The quantitative estimate of drug-likeness (QED) is 0.833. The Kier molecular flexibility index (Phi) is 5.00. The molecule has 0 N–H and O–H groups in total. The summed E-state index contributed by atoms with van der Waals surface area (Å²) in [4.78, 5) is 11.9. The van der Waals surface area contributed by atoms with Gasteiger partial charge >= 0.3 is 12.1 Å². The third-order valence-electron chi connectivity index (χ3n) is 3.74. The number of piperazine rings is 1. The lowest BCUT2D eigenvalue weighted by Crippen LogP contribution is -2.53. The number of benzene rings is 1. The smallest absolute Gasteiger partial charge is 0.332 e. The highest BCUT2D eigenvalue weighted by Gasteiger charge is 2.44. The first-order valence-corrected chi connectivity index (χ1v) is 8.55. The molecule has 1 amide bonds. The lowest BCUT2D eigenvalue weighted by atomic mass is 10.2. The van der Waals surface area contributed by atoms with E-state index >= 15 is 0 Å². The number of sulfonamides is 1. The monoisotopic (exact) mass is 350 g/mol. The van der Waals surface area contributed by atoms with Crippen LogP contribution in [-0.4, -0.2) is 55.9 Å². The van der Waals surface area contributed by atoms with Crippen molar-refractivity contribution < 1.29 is 26.4 Å². The zero-order valence-electron chi connectivity index (χ0n) is 12.5. The second kappa shape index (κ2) is 6.48. The molecule has 0 bridgehead atoms. The van der Waals surface area contributed by atoms with Crippen LogP contribution < -0.4 is 0 Å². The van der Waals surface area contributed by atoms with Crippen molar-refractivity contribution in [2.24, 2.45) is 0 Å². The number of aryl methyl sites for hydroxylation is 1. The normalized spacial score (nSPS) is 17.3. The molecule has 0 unspecified atom stereocenters. The van der Waals surface area contributed by atoms with Crippen LogP contribution in [0.3, 0.4) is 0 Å². The molecule has 2 rings (SSSR count). The van der Waals surface area contributed by atoms with Crippen molar-refractivity contribution in [1.29, 1.82) is 0 Å². The lowest BCUT2D eigenvalue weighted by molar-refractivity contribution is -0.186. The molecule has 0 aromatic heterocycles. The molecule has 23 heavy (non-hydrogen) atoms. The first-order valence-electron chi connectivity index (χ1n) is 7.11. The Hall–Kier alpha value is -1.61. The Morgan fingerprint density at radius 2 is 1.61 bits per heavy atom. The van der Waals surface area contributed by atoms with E-state index < -0.39 is 22.1 Å². The van der Waals surface area contributed by atoms with E-state index in [1.165, 1.54) is 12.1 Å². The predicted octanol–water partition coefficient (Wildman–Crippen LogP) is 1.64. The summed E-state index contributed by atoms with van der Waals surface area (Å²) in [5.74, 6) is -1.93. The van der Waals surface area contributed by atoms with Crippen molar-refractivity contribution in [3.05, 3.63) is 29.8 Å². The number of carbonyl (C=O) groups is 1. The molecule has 1 aromatic carbocycles. The van der Waals surface area contributed by atoms with Crippen molar-refractivity contribution in [2.75, 3.05) is 26.2 Å². The number of halogens is 3. The van der Waals surface area contributed by atoms with Gasteiger partial charge in [0.05, 0.1) is 4.90 Å². The van der Waals surface area contributed by atoms with Crippen molar-refractivity contribution in [3.63, 3.8) is 0 Å². The maximum atomic E-state index is 12.5. The third-order valence-corrected chi connectivity index (χ3v) is 5.65. The number of rotatable bonds is 3. The van der Waals surface area contributed by atoms with Gasteiger partial charge in [0.1, 0.15) is 0 Å². The summed E-state index contributed by atoms with van der Waals surface area (Å²) in [6, 6.07) is 6.38. The Morgan fingerprint density at radius 1 is 1.09 bits per heavy atom. The molecule has 1 fully saturated rings. The molecule has 9 heteroatoms. The fourth-order valence-corrected chi connectivity index (χ4v) is 3.78. The van der Waals surface area contributed by atoms with Gasteiger partial charge in [-0.2, -0.15) is 17.5 Å². The number of carbonyl (C=O) groups excluding carboxylic acids is 1. The zero-order chi connectivity index (χ0) is 17.3. The molecule has 0 radical (unpaired) electrons. The Labute approximate surface area is 132 Å². The fraction of sp³-hybridized carbons (Fsp3) is 0.500. The second-order valence-corrected chi connectivity index (χ2v) is 7.13. The van der Waals surface area contributed by atoms with Gasteiger partial charge < -0.3 is 4.90 Å². The van der Waals surface area contributed by atoms with Gasteiger partial charge in [-0.3, -0.25) is 4.79 Å². The average Bonchev–Trinajstić information content (AvgIpc) is 2.53. The molecule has 128 valence electrons. The zero-order valence-corrected chi connectivity index (χ0v) is 13.3. The van der Waals surface area contributed by atoms with Crippen LogP contribution in [0.2, 0.25) is 0 Å². The van der Waals surface area contributed by atoms with Gasteiger partial charge in [0.25, 0.3) is 0 Å². The first kappa shape index (κ1) is 17.7. The van der Waals surface area contributed by atoms with Gasteiger partial charge in [-0.15, -0.1) is 0 Å². The molecule has 0 saturated carbocycles. The topological polar surface area (TPSA) is 57.7 Å². The van der Waals surface area contributed by atoms with Gasteiger partial charge in [0.15, 0.2) is 0 Å². The van der Waals surface area contributed by atoms with E-state index in [2.05, 4.69) is 0 Å². The third kappa shape index (κ3) is 3.84. The Bertz CT molecular complexity index is 664. The van der Waals surface area contributed by atoms with Crippen LogP contribution in [0.15, 0.2) is 29.2 Å². The van der Waals surface area contributed by atoms with Crippen LogP contribution >= 0.6 is 0 Å². The summed E-state index contributed by atoms with van der Waals surface area (Å²) >= 11 is 0. The van der Waals surface area contributed by atoms with E-state index in [-0.39, 0.29) is 31.1 Å². The van der Waals surface area contributed by atoms with E-state index in [0.29, 0.717) is 4.90 Å². The Morgan fingerprint density at radius 3 is 2.04 bits per heavy atom. The number of alkyl halides is 3. The fourth-order valence-electron chi connectivity index (χ4n) is 2.36. The van der Waals surface area contributed by atoms with Crippen molar-refractivity contribution in [1.82, 2.24) is 9.21 Å². The predicted molar refractivity (Wildman–Crippen MR) is 77.2 cm³/mol. The molecule has 5 nitrogen and oxygen atoms in total. The molecule has 0 spiro atoms. The van der Waals surface area contributed by atoms with Gasteiger partial charge in [-0.05, 0) is 24.1 Å². The van der Waals surface area contributed by atoms with Crippen molar-refractivity contribution >= 4 is 15.9 Å². The van der Waals surface area contributed by atoms with Crippen molar-refractivity contribution in [3.8, 4) is 0 Å². The lowest BCUT2D eigenvalue weighted by Gasteiger charge is -2.34. The van der Waals surface area contributed by atoms with E-state index in [1.54, 1.807) is 12.1 Å². The highest BCUT2D eigenvalue weighted by molar-refractivity contribution is 7.89. The van der Waals surface area contributed by atoms with E-state index in [1.807, 2.05) is 6.92 Å². The molecule has 1 aromatic rings. The van der Waals surface area contributed by atoms with Gasteiger partial charge in [0, 0.05) is 26.2 Å². The molecule has 1 heterocycles. The van der Waals surface area contributed by atoms with Crippen LogP contribution in [0, 0.1) is 0 Å². The van der Waals surface area contributed by atoms with Gasteiger partial charge in [-0.25, -0.2) is 8.42 Å². The highest BCUT2D eigenvalue weighted by Crippen LogP contribution is 2.22. The molecule has 1 aliphatic heterocycles. The van der Waals surface area contributed by atoms with Crippen molar-refractivity contribution in [2.45, 2.75) is 24.4 Å². The van der Waals surface area contributed by atoms with Gasteiger partial charge in [-0.1, -0.05) is 19.1 Å². The summed E-state index contributed by atoms with van der Waals surface area (Å²) in [5, 5.41) is 0. The van der Waals surface area contributed by atoms with Crippen LogP contribution in [0.1, 0.15) is 12.5 Å². The second-order valence-electron chi connectivity index (χ2n) is 5.19. The minimum atomic E-state index is -4.93. The standard InChI is InChI=1S/C14H17F3N2O3S/c1-2-11-3-5-12(6-4-11)23(21,22)19-9-7-18(8-10-19)13(20)14(15,16)17/h3-6H,2,7-10H2,1H3. The number of amides is 1. The van der Waals surface area contributed by atoms with Crippen LogP contribution in [0.25, 0.3) is 0 Å². The summed E-state index contributed by atoms with van der Waals surface area (Å²) in [7, 11) is -3.76. The molecule has 0 atom stereocenters. The summed E-state index contributed by atoms with van der Waals surface area (Å²) < 4.78 is 63.2. The van der Waals surface area contributed by atoms with Crippen LogP contribution in [0.4, 0.5) is 13.2 Å². The van der Waals surface area contributed by atoms with E-state index in [9.17, 15) is 26.4 Å². The largest absolute Gasteiger partial charge is 0.471 e. The minimum Gasteiger partial charge on any atom is -0.332 e. The van der Waals surface area contributed by atoms with Crippen LogP contribution in [0.5, 0.6) is 0 Å². The first-order chi connectivity index (χ1) is 10.7. The van der Waals surface area contributed by atoms with Gasteiger partial charge in [0.2, 0.25) is 10.0 Å². The van der Waals surface area contributed by atoms with Crippen LogP contribution in [-0.2, 0) is 21.2 Å². The minimum absolute atomic E-state index is 0.102. The maximum absolute atomic E-state index is 12.5. The molecule has 1 saturated heterocycles. The van der Waals surface area contributed by atoms with E-state index in [4.69, 9.17) is 0 Å². The SMILES string of the molecule is CCc1ccc(S(=O)(=O)N2CCN(C(=O)C(F)(F)F)CC2)cc1. The number of hydrogen-bond acceptors (Lipinski definition) is 3. The molecule has 0 aliphatic carbocycles. The molecule has 1 aliphatic rings. The number of nitrogens with zero attached hydrogens (tertiary/aromatic N) is 2. The molecular weight excluding hydrogens is 333 g/mol. The summed E-state index contributed by atoms with van der Waals surface area (Å²) in [5.41, 5.74) is 0.990.